The number of hydrogen-bond acceptors (Lipinski definition) is 1. The minimum Gasteiger partial charge on any atom is -0.519 e. The van der Waals surface area contributed by atoms with Crippen LogP contribution >= 0.6 is 0 Å². The van der Waals surface area contributed by atoms with Crippen molar-refractivity contribution >= 4 is 0 Å². The molecule has 2 rings (SSSR count). The molecule has 0 aliphatic heterocycles. The second-order valence-corrected chi connectivity index (χ2v) is 2.67. The molecule has 117 valence electrons. The summed E-state index contributed by atoms with van der Waals surface area (Å²) in [6.45, 7) is 2.70. The zero-order valence-electron chi connectivity index (χ0n) is 11.8. The molecule has 22 heavy (non-hydrogen) atoms. The number of ether oxygens (including phenoxy) is 1. The second kappa shape index (κ2) is 35.6. The van der Waals surface area contributed by atoms with Crippen molar-refractivity contribution in [3.05, 3.63) is 66.7 Å². The zero-order valence-corrected chi connectivity index (χ0v) is 32.2. The van der Waals surface area contributed by atoms with Crippen LogP contribution in [0.15, 0.2) is 48.5 Å². The summed E-state index contributed by atoms with van der Waals surface area (Å²) >= 11 is 0. The average molecular weight is 1390 g/mol. The average Bonchev–Trinajstić information content (AvgIpc) is 2.34. The fraction of sp³-hybridized carbons (Fsp3) is 0.143. The van der Waals surface area contributed by atoms with Crippen LogP contribution in [0.25, 0.3) is 0 Å². The SMILES string of the molecule is CCOc1cc[c-]cc1.[W].[W].[W].[W].[W].[W].[Y].[c-]1cc[c-]cc1. The van der Waals surface area contributed by atoms with Gasteiger partial charge >= 0.3 is 0 Å². The summed E-state index contributed by atoms with van der Waals surface area (Å²) in [5.74, 6) is 0.913. The summed E-state index contributed by atoms with van der Waals surface area (Å²) in [4.78, 5) is 0. The van der Waals surface area contributed by atoms with Crippen LogP contribution in [0.4, 0.5) is 0 Å². The maximum absolute atomic E-state index is 5.19. The summed E-state index contributed by atoms with van der Waals surface area (Å²) in [6.07, 6.45) is 0. The van der Waals surface area contributed by atoms with E-state index in [2.05, 4.69) is 18.2 Å². The van der Waals surface area contributed by atoms with Gasteiger partial charge in [0.2, 0.25) is 0 Å². The first-order chi connectivity index (χ1) is 7.43. The van der Waals surface area contributed by atoms with Crippen LogP contribution in [0, 0.1) is 18.2 Å². The first-order valence-electron chi connectivity index (χ1n) is 4.84. The van der Waals surface area contributed by atoms with Crippen molar-refractivity contribution in [3.63, 3.8) is 0 Å². The van der Waals surface area contributed by atoms with Crippen LogP contribution in [0.3, 0.4) is 0 Å². The Hall–Kier alpha value is 3.47. The second-order valence-electron chi connectivity index (χ2n) is 2.67. The van der Waals surface area contributed by atoms with E-state index in [1.54, 1.807) is 0 Å². The molecule has 2 aromatic rings. The molecule has 0 unspecified atom stereocenters. The van der Waals surface area contributed by atoms with E-state index < -0.39 is 0 Å². The minimum absolute atomic E-state index is 0. The van der Waals surface area contributed by atoms with Gasteiger partial charge in [-0.2, -0.15) is 18.2 Å². The van der Waals surface area contributed by atoms with Crippen LogP contribution in [0.5, 0.6) is 5.75 Å². The largest absolute Gasteiger partial charge is 0.519 e. The molecule has 0 spiro atoms. The minimum atomic E-state index is 0. The van der Waals surface area contributed by atoms with Crippen molar-refractivity contribution in [2.75, 3.05) is 6.61 Å². The van der Waals surface area contributed by atoms with E-state index in [1.807, 2.05) is 55.5 Å². The van der Waals surface area contributed by atoms with Gasteiger partial charge in [-0.1, -0.05) is 0 Å². The van der Waals surface area contributed by atoms with Crippen molar-refractivity contribution in [1.82, 2.24) is 0 Å². The molecular formula is C14H13OW6Y-3. The molecule has 0 amide bonds. The van der Waals surface area contributed by atoms with E-state index in [0.717, 1.165) is 12.4 Å². The third-order valence-corrected chi connectivity index (χ3v) is 1.55. The van der Waals surface area contributed by atoms with Crippen LogP contribution in [0.1, 0.15) is 6.92 Å². The van der Waals surface area contributed by atoms with Gasteiger partial charge in [0.15, 0.2) is 0 Å². The molecule has 0 fully saturated rings. The standard InChI is InChI=1S/C8H9O.C6H4.6W.Y/c1-2-9-8-6-4-3-5-7-8;1-2-4-6-5-3-1;;;;;;;/h4-7H,2H2,1H3;1-2,5-6H;;;;;;;/q-1;-2;;;;;;;. The van der Waals surface area contributed by atoms with Crippen molar-refractivity contribution in [3.8, 4) is 5.75 Å². The van der Waals surface area contributed by atoms with Crippen molar-refractivity contribution in [2.24, 2.45) is 0 Å². The van der Waals surface area contributed by atoms with Crippen LogP contribution in [-0.2, 0) is 159 Å². The quantitative estimate of drug-likeness (QED) is 0.421. The predicted molar refractivity (Wildman–Crippen MR) is 60.6 cm³/mol. The van der Waals surface area contributed by atoms with Gasteiger partial charge in [0.25, 0.3) is 0 Å². The third kappa shape index (κ3) is 28.3. The van der Waals surface area contributed by atoms with Gasteiger partial charge in [-0.05, 0) is 6.92 Å². The summed E-state index contributed by atoms with van der Waals surface area (Å²) < 4.78 is 5.19. The molecule has 2 aromatic carbocycles. The molecule has 0 aliphatic carbocycles. The van der Waals surface area contributed by atoms with Crippen molar-refractivity contribution in [1.29, 1.82) is 0 Å². The predicted octanol–water partition coefficient (Wildman–Crippen LogP) is 3.15. The van der Waals surface area contributed by atoms with E-state index in [4.69, 9.17) is 4.74 Å². The maximum Gasteiger partial charge on any atom is 0.0822 e. The van der Waals surface area contributed by atoms with E-state index in [9.17, 15) is 0 Å². The van der Waals surface area contributed by atoms with E-state index >= 15 is 0 Å². The Labute approximate surface area is 245 Å². The van der Waals surface area contributed by atoms with Gasteiger partial charge in [0.05, 0.1) is 6.61 Å². The Kier molecular flexibility index (Phi) is 72.3. The van der Waals surface area contributed by atoms with Gasteiger partial charge in [0, 0.05) is 165 Å². The molecule has 0 heterocycles. The monoisotopic (exact) mass is 1390 g/mol. The molecule has 8 heteroatoms. The molecular weight excluding hydrogens is 1380 g/mol. The van der Waals surface area contributed by atoms with Crippen molar-refractivity contribution in [2.45, 2.75) is 6.92 Å². The normalized spacial score (nSPS) is 5.86. The summed E-state index contributed by atoms with van der Waals surface area (Å²) in [5.41, 5.74) is 0. The fourth-order valence-electron chi connectivity index (χ4n) is 0.938. The van der Waals surface area contributed by atoms with Gasteiger partial charge < -0.3 is 16.9 Å². The number of benzene rings is 2. The molecule has 0 atom stereocenters. The fourth-order valence-corrected chi connectivity index (χ4v) is 0.938. The molecule has 1 radical (unpaired) electrons. The molecule has 0 saturated heterocycles. The van der Waals surface area contributed by atoms with Gasteiger partial charge in [-0.15, -0.1) is 12.1 Å². The van der Waals surface area contributed by atoms with Gasteiger partial charge in [0.1, 0.15) is 0 Å². The first-order valence-corrected chi connectivity index (χ1v) is 4.84. The molecule has 1 nitrogen and oxygen atoms in total. The summed E-state index contributed by atoms with van der Waals surface area (Å²) in [5, 5.41) is 0. The van der Waals surface area contributed by atoms with Gasteiger partial charge in [-0.3, -0.25) is 24.3 Å². The van der Waals surface area contributed by atoms with E-state index in [0.29, 0.717) is 0 Å². The Balaban J connectivity index is -0.0000000320. The van der Waals surface area contributed by atoms with Crippen LogP contribution in [-0.4, -0.2) is 6.61 Å². The molecule has 0 saturated carbocycles. The van der Waals surface area contributed by atoms with Gasteiger partial charge in [-0.25, -0.2) is 0 Å². The summed E-state index contributed by atoms with van der Waals surface area (Å²) in [6, 6.07) is 23.4. The Morgan fingerprint density at radius 3 is 1.27 bits per heavy atom. The van der Waals surface area contributed by atoms with E-state index in [1.165, 1.54) is 0 Å². The Bertz CT molecular complexity index is 326. The molecule has 0 aliphatic rings. The van der Waals surface area contributed by atoms with E-state index in [-0.39, 0.29) is 159 Å². The van der Waals surface area contributed by atoms with Crippen molar-refractivity contribution < 1.29 is 164 Å². The molecule has 0 aromatic heterocycles. The number of rotatable bonds is 2. The van der Waals surface area contributed by atoms with Crippen LogP contribution in [0.2, 0.25) is 0 Å². The molecule has 0 bridgehead atoms. The topological polar surface area (TPSA) is 9.23 Å². The smallest absolute Gasteiger partial charge is 0.0822 e. The number of hydrogen-bond donors (Lipinski definition) is 0. The Morgan fingerprint density at radius 2 is 1.00 bits per heavy atom. The Morgan fingerprint density at radius 1 is 0.682 bits per heavy atom. The summed E-state index contributed by atoms with van der Waals surface area (Å²) in [7, 11) is 0. The molecule has 0 N–H and O–H groups in total. The third-order valence-electron chi connectivity index (χ3n) is 1.55. The zero-order chi connectivity index (χ0) is 10.8. The maximum atomic E-state index is 5.19. The first kappa shape index (κ1) is 44.7. The van der Waals surface area contributed by atoms with Crippen LogP contribution < -0.4 is 4.74 Å².